The van der Waals surface area contributed by atoms with Crippen molar-refractivity contribution in [2.24, 2.45) is 5.73 Å². The van der Waals surface area contributed by atoms with Crippen LogP contribution in [0.25, 0.3) is 21.9 Å². The van der Waals surface area contributed by atoms with Crippen molar-refractivity contribution in [1.29, 1.82) is 0 Å². The summed E-state index contributed by atoms with van der Waals surface area (Å²) >= 11 is 5.70. The van der Waals surface area contributed by atoms with Crippen LogP contribution in [0.5, 0.6) is 11.8 Å². The molecule has 0 saturated carbocycles. The van der Waals surface area contributed by atoms with E-state index in [0.29, 0.717) is 34.1 Å². The fourth-order valence-corrected chi connectivity index (χ4v) is 3.30. The molecule has 0 bridgehead atoms. The predicted molar refractivity (Wildman–Crippen MR) is 111 cm³/mol. The van der Waals surface area contributed by atoms with Crippen molar-refractivity contribution in [3.8, 4) is 11.8 Å². The van der Waals surface area contributed by atoms with Crippen molar-refractivity contribution in [2.45, 2.75) is 19.8 Å². The number of hydrogen-bond donors (Lipinski definition) is 2. The molecule has 11 heteroatoms. The molecule has 8 nitrogen and oxygen atoms in total. The van der Waals surface area contributed by atoms with Crippen molar-refractivity contribution in [3.05, 3.63) is 47.1 Å². The minimum atomic E-state index is -2.82. The lowest BCUT2D eigenvalue weighted by Crippen LogP contribution is -2.13. The summed E-state index contributed by atoms with van der Waals surface area (Å²) in [5, 5.41) is 4.16. The zero-order valence-corrected chi connectivity index (χ0v) is 16.9. The highest BCUT2D eigenvalue weighted by Crippen LogP contribution is 2.37. The summed E-state index contributed by atoms with van der Waals surface area (Å²) in [6, 6.07) is 7.59. The van der Waals surface area contributed by atoms with Crippen LogP contribution >= 0.6 is 11.6 Å². The number of furan rings is 1. The van der Waals surface area contributed by atoms with Gasteiger partial charge in [0.1, 0.15) is 11.3 Å². The minimum Gasteiger partial charge on any atom is -0.449 e. The number of fused-ring (bicyclic) bond motifs is 3. The van der Waals surface area contributed by atoms with Crippen LogP contribution in [0.2, 0.25) is 5.28 Å². The lowest BCUT2D eigenvalue weighted by Gasteiger charge is -2.08. The summed E-state index contributed by atoms with van der Waals surface area (Å²) in [5.74, 6) is -0.700. The number of primary amides is 1. The Morgan fingerprint density at radius 2 is 2.03 bits per heavy atom. The molecule has 3 heterocycles. The SMILES string of the molecule is CCCNc1c(C(N)=O)oc2ccc3nc(Oc4cc(C(F)F)nc(Cl)n4)ccc3c12. The number of alkyl halides is 2. The Bertz CT molecular complexity index is 1300. The van der Waals surface area contributed by atoms with Gasteiger partial charge in [-0.2, -0.15) is 4.98 Å². The number of carbonyl (C=O) groups is 1. The van der Waals surface area contributed by atoms with E-state index in [9.17, 15) is 13.6 Å². The van der Waals surface area contributed by atoms with Crippen LogP contribution in [0, 0.1) is 0 Å². The molecule has 1 amide bonds. The number of halogens is 3. The number of nitrogens with one attached hydrogen (secondary N) is 1. The maximum atomic E-state index is 12.9. The summed E-state index contributed by atoms with van der Waals surface area (Å²) in [6.45, 7) is 2.60. The molecule has 0 fully saturated rings. The number of carbonyl (C=O) groups excluding carboxylic acids is 1. The first-order chi connectivity index (χ1) is 14.9. The van der Waals surface area contributed by atoms with Gasteiger partial charge >= 0.3 is 0 Å². The third-order valence-electron chi connectivity index (χ3n) is 4.40. The van der Waals surface area contributed by atoms with Gasteiger partial charge in [-0.1, -0.05) is 6.92 Å². The van der Waals surface area contributed by atoms with Crippen molar-refractivity contribution in [3.63, 3.8) is 0 Å². The Morgan fingerprint density at radius 1 is 1.23 bits per heavy atom. The van der Waals surface area contributed by atoms with Crippen molar-refractivity contribution in [1.82, 2.24) is 15.0 Å². The second kappa shape index (κ2) is 8.31. The fourth-order valence-electron chi connectivity index (χ4n) is 3.12. The molecule has 4 rings (SSSR count). The van der Waals surface area contributed by atoms with Gasteiger partial charge in [0.2, 0.25) is 22.8 Å². The van der Waals surface area contributed by atoms with Crippen LogP contribution in [0.3, 0.4) is 0 Å². The average molecular weight is 448 g/mol. The quantitative estimate of drug-likeness (QED) is 0.379. The van der Waals surface area contributed by atoms with E-state index in [4.69, 9.17) is 26.5 Å². The van der Waals surface area contributed by atoms with Crippen LogP contribution in [-0.2, 0) is 0 Å². The van der Waals surface area contributed by atoms with Crippen LogP contribution in [0.1, 0.15) is 36.0 Å². The number of nitrogens with two attached hydrogens (primary N) is 1. The predicted octanol–water partition coefficient (Wildman–Crippen LogP) is 5.08. The number of aromatic nitrogens is 3. The van der Waals surface area contributed by atoms with E-state index in [1.807, 2.05) is 6.92 Å². The van der Waals surface area contributed by atoms with Gasteiger partial charge in [0.05, 0.1) is 16.6 Å². The van der Waals surface area contributed by atoms with Gasteiger partial charge < -0.3 is 20.2 Å². The molecule has 1 aromatic carbocycles. The Labute approximate surface area is 179 Å². The van der Waals surface area contributed by atoms with Gasteiger partial charge in [0.15, 0.2) is 0 Å². The minimum absolute atomic E-state index is 0.0337. The molecule has 0 saturated heterocycles. The summed E-state index contributed by atoms with van der Waals surface area (Å²) in [6.07, 6.45) is -2.00. The molecule has 0 aliphatic rings. The van der Waals surface area contributed by atoms with E-state index >= 15 is 0 Å². The summed E-state index contributed by atoms with van der Waals surface area (Å²) in [7, 11) is 0. The van der Waals surface area contributed by atoms with Gasteiger partial charge in [-0.15, -0.1) is 0 Å². The summed E-state index contributed by atoms with van der Waals surface area (Å²) in [5.41, 5.74) is 6.40. The van der Waals surface area contributed by atoms with Gasteiger partial charge in [0.25, 0.3) is 12.3 Å². The summed E-state index contributed by atoms with van der Waals surface area (Å²) < 4.78 is 37.0. The van der Waals surface area contributed by atoms with Crippen molar-refractivity contribution < 1.29 is 22.7 Å². The van der Waals surface area contributed by atoms with E-state index in [-0.39, 0.29) is 22.8 Å². The van der Waals surface area contributed by atoms with Crippen LogP contribution in [0.15, 0.2) is 34.7 Å². The zero-order chi connectivity index (χ0) is 22.1. The normalized spacial score (nSPS) is 11.4. The molecule has 0 unspecified atom stereocenters. The number of rotatable bonds is 7. The first-order valence-corrected chi connectivity index (χ1v) is 9.65. The van der Waals surface area contributed by atoms with Gasteiger partial charge in [-0.25, -0.2) is 18.7 Å². The van der Waals surface area contributed by atoms with E-state index in [1.165, 1.54) is 0 Å². The lowest BCUT2D eigenvalue weighted by molar-refractivity contribution is 0.0977. The molecule has 4 aromatic rings. The molecule has 31 heavy (non-hydrogen) atoms. The van der Waals surface area contributed by atoms with E-state index in [2.05, 4.69) is 20.3 Å². The number of anilines is 1. The maximum Gasteiger partial charge on any atom is 0.286 e. The Balaban J connectivity index is 1.78. The first-order valence-electron chi connectivity index (χ1n) is 9.27. The number of pyridine rings is 1. The molecule has 3 N–H and O–H groups in total. The van der Waals surface area contributed by atoms with Gasteiger partial charge in [-0.3, -0.25) is 4.79 Å². The second-order valence-electron chi connectivity index (χ2n) is 6.55. The molecular weight excluding hydrogens is 432 g/mol. The molecule has 0 aliphatic heterocycles. The number of amides is 1. The molecule has 0 aliphatic carbocycles. The molecule has 3 aromatic heterocycles. The van der Waals surface area contributed by atoms with E-state index in [0.717, 1.165) is 12.5 Å². The third-order valence-corrected chi connectivity index (χ3v) is 4.57. The van der Waals surface area contributed by atoms with E-state index < -0.39 is 18.0 Å². The Hall–Kier alpha value is -3.53. The Morgan fingerprint density at radius 3 is 2.74 bits per heavy atom. The maximum absolute atomic E-state index is 12.9. The highest BCUT2D eigenvalue weighted by atomic mass is 35.5. The van der Waals surface area contributed by atoms with Crippen LogP contribution < -0.4 is 15.8 Å². The van der Waals surface area contributed by atoms with Gasteiger partial charge in [0, 0.05) is 24.1 Å². The van der Waals surface area contributed by atoms with Gasteiger partial charge in [-0.05, 0) is 36.2 Å². The largest absolute Gasteiger partial charge is 0.449 e. The average Bonchev–Trinajstić information content (AvgIpc) is 3.11. The topological polar surface area (TPSA) is 116 Å². The smallest absolute Gasteiger partial charge is 0.286 e. The molecule has 0 radical (unpaired) electrons. The Kier molecular flexibility index (Phi) is 5.55. The third kappa shape index (κ3) is 4.06. The van der Waals surface area contributed by atoms with Crippen LogP contribution in [-0.4, -0.2) is 27.4 Å². The van der Waals surface area contributed by atoms with Crippen molar-refractivity contribution >= 4 is 45.1 Å². The van der Waals surface area contributed by atoms with E-state index in [1.54, 1.807) is 24.3 Å². The highest BCUT2D eigenvalue weighted by molar-refractivity contribution is 6.28. The standard InChI is InChI=1S/C20H16ClF2N5O3/c1-2-7-25-16-15-9-3-6-13(31-14-8-11(18(22)23)27-20(21)28-14)26-10(9)4-5-12(15)30-17(16)19(24)29/h3-6,8,18,25H,2,7H2,1H3,(H2,24,29). The lowest BCUT2D eigenvalue weighted by atomic mass is 10.1. The fraction of sp³-hybridized carbons (Fsp3) is 0.200. The number of hydrogen-bond acceptors (Lipinski definition) is 7. The van der Waals surface area contributed by atoms with Crippen LogP contribution in [0.4, 0.5) is 14.5 Å². The first kappa shape index (κ1) is 20.7. The molecular formula is C20H16ClF2N5O3. The second-order valence-corrected chi connectivity index (χ2v) is 6.89. The number of nitrogens with zero attached hydrogens (tertiary/aromatic N) is 3. The number of benzene rings is 1. The molecule has 0 spiro atoms. The highest BCUT2D eigenvalue weighted by Gasteiger charge is 2.21. The number of ether oxygens (including phenoxy) is 1. The molecule has 0 atom stereocenters. The summed E-state index contributed by atoms with van der Waals surface area (Å²) in [4.78, 5) is 23.5. The zero-order valence-electron chi connectivity index (χ0n) is 16.2. The monoisotopic (exact) mass is 447 g/mol. The van der Waals surface area contributed by atoms with Crippen molar-refractivity contribution in [2.75, 3.05) is 11.9 Å². The molecule has 160 valence electrons.